The molecule has 2 heterocycles. The molecule has 1 amide bonds. The molecule has 2 aromatic rings. The summed E-state index contributed by atoms with van der Waals surface area (Å²) in [5.74, 6) is -0.147. The number of hydrogen-bond acceptors (Lipinski definition) is 4. The van der Waals surface area contributed by atoms with Gasteiger partial charge in [0, 0.05) is 36.0 Å². The third-order valence-electron chi connectivity index (χ3n) is 3.47. The van der Waals surface area contributed by atoms with E-state index in [1.54, 1.807) is 11.6 Å². The highest BCUT2D eigenvalue weighted by atomic mass is 32.1. The Morgan fingerprint density at radius 2 is 1.90 bits per heavy atom. The fourth-order valence-electron chi connectivity index (χ4n) is 2.43. The predicted octanol–water partition coefficient (Wildman–Crippen LogP) is 3.39. The Morgan fingerprint density at radius 1 is 1.15 bits per heavy atom. The van der Waals surface area contributed by atoms with E-state index in [0.717, 1.165) is 18.8 Å². The maximum Gasteiger partial charge on any atom is 0.284 e. The van der Waals surface area contributed by atoms with Gasteiger partial charge in [0.25, 0.3) is 5.91 Å². The lowest BCUT2D eigenvalue weighted by atomic mass is 10.1. The van der Waals surface area contributed by atoms with Crippen molar-refractivity contribution in [2.75, 3.05) is 23.3 Å². The summed E-state index contributed by atoms with van der Waals surface area (Å²) in [7, 11) is 0. The number of nitrogens with zero attached hydrogens (tertiary/aromatic N) is 2. The van der Waals surface area contributed by atoms with Gasteiger partial charge in [0.05, 0.1) is 0 Å². The number of thiazole rings is 1. The van der Waals surface area contributed by atoms with E-state index >= 15 is 0 Å². The first-order valence-corrected chi connectivity index (χ1v) is 7.77. The van der Waals surface area contributed by atoms with Crippen molar-refractivity contribution in [2.24, 2.45) is 0 Å². The number of amides is 1. The van der Waals surface area contributed by atoms with Gasteiger partial charge in [-0.2, -0.15) is 0 Å². The molecule has 0 atom stereocenters. The molecule has 0 spiro atoms. The highest BCUT2D eigenvalue weighted by Gasteiger charge is 2.12. The molecule has 104 valence electrons. The summed E-state index contributed by atoms with van der Waals surface area (Å²) >= 11 is 1.34. The molecule has 0 aliphatic carbocycles. The lowest BCUT2D eigenvalue weighted by Crippen LogP contribution is -2.29. The second-order valence-electron chi connectivity index (χ2n) is 4.89. The van der Waals surface area contributed by atoms with Crippen LogP contribution < -0.4 is 10.2 Å². The van der Waals surface area contributed by atoms with Crippen LogP contribution in [0.3, 0.4) is 0 Å². The number of benzene rings is 1. The van der Waals surface area contributed by atoms with Gasteiger partial charge >= 0.3 is 0 Å². The first-order chi connectivity index (χ1) is 9.83. The lowest BCUT2D eigenvalue weighted by molar-refractivity contribution is 0.102. The Balaban J connectivity index is 1.65. The van der Waals surface area contributed by atoms with Crippen LogP contribution in [0.15, 0.2) is 35.8 Å². The molecule has 1 aliphatic heterocycles. The molecule has 0 radical (unpaired) electrons. The molecule has 0 bridgehead atoms. The molecule has 4 nitrogen and oxygen atoms in total. The van der Waals surface area contributed by atoms with E-state index in [-0.39, 0.29) is 5.91 Å². The summed E-state index contributed by atoms with van der Waals surface area (Å²) in [6.45, 7) is 2.26. The van der Waals surface area contributed by atoms with Crippen LogP contribution in [0.4, 0.5) is 11.4 Å². The van der Waals surface area contributed by atoms with Crippen LogP contribution in [0.5, 0.6) is 0 Å². The van der Waals surface area contributed by atoms with E-state index < -0.39 is 0 Å². The number of nitrogens with one attached hydrogen (secondary N) is 1. The van der Waals surface area contributed by atoms with Crippen molar-refractivity contribution in [3.05, 3.63) is 40.8 Å². The largest absolute Gasteiger partial charge is 0.372 e. The van der Waals surface area contributed by atoms with E-state index in [9.17, 15) is 4.79 Å². The summed E-state index contributed by atoms with van der Waals surface area (Å²) in [5.41, 5.74) is 2.04. The number of aromatic nitrogens is 1. The summed E-state index contributed by atoms with van der Waals surface area (Å²) in [4.78, 5) is 18.3. The van der Waals surface area contributed by atoms with Crippen molar-refractivity contribution < 1.29 is 4.79 Å². The van der Waals surface area contributed by atoms with E-state index in [1.165, 1.54) is 36.3 Å². The number of carbonyl (C=O) groups excluding carboxylic acids is 1. The lowest BCUT2D eigenvalue weighted by Gasteiger charge is -2.28. The van der Waals surface area contributed by atoms with Crippen LogP contribution in [-0.2, 0) is 0 Å². The third kappa shape index (κ3) is 2.99. The van der Waals surface area contributed by atoms with Crippen molar-refractivity contribution in [2.45, 2.75) is 19.3 Å². The molecule has 0 unspecified atom stereocenters. The standard InChI is InChI=1S/C15H17N3OS/c19-14(15-16-8-11-20-15)17-12-4-6-13(7-5-12)18-9-2-1-3-10-18/h4-8,11H,1-3,9-10H2,(H,17,19). The van der Waals surface area contributed by atoms with E-state index in [1.807, 2.05) is 12.1 Å². The molecule has 1 saturated heterocycles. The Bertz CT molecular complexity index is 559. The Labute approximate surface area is 122 Å². The van der Waals surface area contributed by atoms with Gasteiger partial charge in [0.1, 0.15) is 0 Å². The quantitative estimate of drug-likeness (QED) is 0.941. The van der Waals surface area contributed by atoms with Crippen molar-refractivity contribution in [1.29, 1.82) is 0 Å². The number of anilines is 2. The maximum absolute atomic E-state index is 11.9. The highest BCUT2D eigenvalue weighted by molar-refractivity contribution is 7.11. The predicted molar refractivity (Wildman–Crippen MR) is 82.6 cm³/mol. The van der Waals surface area contributed by atoms with Crippen LogP contribution in [-0.4, -0.2) is 24.0 Å². The number of piperidine rings is 1. The monoisotopic (exact) mass is 287 g/mol. The molecule has 1 N–H and O–H groups in total. The van der Waals surface area contributed by atoms with Gasteiger partial charge in [-0.3, -0.25) is 4.79 Å². The minimum absolute atomic E-state index is 0.147. The molecule has 1 fully saturated rings. The zero-order valence-electron chi connectivity index (χ0n) is 11.2. The Morgan fingerprint density at radius 3 is 2.55 bits per heavy atom. The van der Waals surface area contributed by atoms with Crippen molar-refractivity contribution in [1.82, 2.24) is 4.98 Å². The second-order valence-corrected chi connectivity index (χ2v) is 5.78. The number of hydrogen-bond donors (Lipinski definition) is 1. The van der Waals surface area contributed by atoms with Gasteiger partial charge in [-0.05, 0) is 43.5 Å². The number of carbonyl (C=O) groups is 1. The van der Waals surface area contributed by atoms with Crippen LogP contribution in [0, 0.1) is 0 Å². The van der Waals surface area contributed by atoms with Crippen LogP contribution in [0.25, 0.3) is 0 Å². The zero-order chi connectivity index (χ0) is 13.8. The molecule has 5 heteroatoms. The smallest absolute Gasteiger partial charge is 0.284 e. The van der Waals surface area contributed by atoms with Crippen LogP contribution in [0.1, 0.15) is 29.1 Å². The van der Waals surface area contributed by atoms with E-state index in [0.29, 0.717) is 5.01 Å². The van der Waals surface area contributed by atoms with Crippen molar-refractivity contribution in [3.8, 4) is 0 Å². The molecular weight excluding hydrogens is 270 g/mol. The Hall–Kier alpha value is -1.88. The average Bonchev–Trinajstić information content (AvgIpc) is 3.03. The second kappa shape index (κ2) is 6.05. The van der Waals surface area contributed by atoms with Crippen molar-refractivity contribution in [3.63, 3.8) is 0 Å². The molecule has 0 saturated carbocycles. The van der Waals surface area contributed by atoms with Gasteiger partial charge < -0.3 is 10.2 Å². The number of rotatable bonds is 3. The SMILES string of the molecule is O=C(Nc1ccc(N2CCCCC2)cc1)c1nccs1. The fraction of sp³-hybridized carbons (Fsp3) is 0.333. The average molecular weight is 287 g/mol. The molecule has 1 aromatic heterocycles. The molecule has 3 rings (SSSR count). The first-order valence-electron chi connectivity index (χ1n) is 6.89. The minimum atomic E-state index is -0.147. The van der Waals surface area contributed by atoms with E-state index in [4.69, 9.17) is 0 Å². The van der Waals surface area contributed by atoms with Crippen LogP contribution in [0.2, 0.25) is 0 Å². The fourth-order valence-corrected chi connectivity index (χ4v) is 2.96. The molecule has 1 aromatic carbocycles. The zero-order valence-corrected chi connectivity index (χ0v) is 12.0. The first kappa shape index (κ1) is 13.1. The summed E-state index contributed by atoms with van der Waals surface area (Å²) in [6.07, 6.45) is 5.50. The summed E-state index contributed by atoms with van der Waals surface area (Å²) < 4.78 is 0. The minimum Gasteiger partial charge on any atom is -0.372 e. The molecule has 20 heavy (non-hydrogen) atoms. The highest BCUT2D eigenvalue weighted by Crippen LogP contribution is 2.22. The van der Waals surface area contributed by atoms with Crippen LogP contribution >= 0.6 is 11.3 Å². The topological polar surface area (TPSA) is 45.2 Å². The maximum atomic E-state index is 11.9. The van der Waals surface area contributed by atoms with Crippen molar-refractivity contribution >= 4 is 28.6 Å². The van der Waals surface area contributed by atoms with Gasteiger partial charge in [-0.25, -0.2) is 4.98 Å². The molecule has 1 aliphatic rings. The van der Waals surface area contributed by atoms with Gasteiger partial charge in [0.15, 0.2) is 5.01 Å². The summed E-state index contributed by atoms with van der Waals surface area (Å²) in [5, 5.41) is 5.16. The summed E-state index contributed by atoms with van der Waals surface area (Å²) in [6, 6.07) is 8.05. The van der Waals surface area contributed by atoms with E-state index in [2.05, 4.69) is 27.3 Å². The van der Waals surface area contributed by atoms with Gasteiger partial charge in [0.2, 0.25) is 0 Å². The van der Waals surface area contributed by atoms with Gasteiger partial charge in [-0.15, -0.1) is 11.3 Å². The normalized spacial score (nSPS) is 15.1. The third-order valence-corrected chi connectivity index (χ3v) is 4.24. The molecular formula is C15H17N3OS. The Kier molecular flexibility index (Phi) is 3.97. The van der Waals surface area contributed by atoms with Gasteiger partial charge in [-0.1, -0.05) is 0 Å².